The van der Waals surface area contributed by atoms with Gasteiger partial charge in [-0.3, -0.25) is 14.6 Å². The molecule has 34 heavy (non-hydrogen) atoms. The second-order valence-electron chi connectivity index (χ2n) is 7.95. The Bertz CT molecular complexity index is 1110. The van der Waals surface area contributed by atoms with Gasteiger partial charge in [-0.15, -0.1) is 0 Å². The fraction of sp³-hybridized carbons (Fsp3) is 0.409. The highest BCUT2D eigenvalue weighted by atomic mass is 19.4. The van der Waals surface area contributed by atoms with Crippen LogP contribution in [-0.2, 0) is 9.53 Å². The summed E-state index contributed by atoms with van der Waals surface area (Å²) in [7, 11) is 1.04. The third-order valence-corrected chi connectivity index (χ3v) is 6.02. The highest BCUT2D eigenvalue weighted by molar-refractivity contribution is 5.97. The number of nitrogens with two attached hydrogens (primary N) is 1. The number of nitrogens with one attached hydrogen (secondary N) is 1. The summed E-state index contributed by atoms with van der Waals surface area (Å²) in [6.45, 7) is 2.28. The van der Waals surface area contributed by atoms with Crippen molar-refractivity contribution in [3.8, 4) is 5.75 Å². The predicted molar refractivity (Wildman–Crippen MR) is 110 cm³/mol. The second-order valence-corrected chi connectivity index (χ2v) is 7.95. The highest BCUT2D eigenvalue weighted by Gasteiger charge is 2.66. The average molecular weight is 487 g/mol. The number of halogens is 5. The zero-order valence-corrected chi connectivity index (χ0v) is 18.4. The van der Waals surface area contributed by atoms with Gasteiger partial charge >= 0.3 is 6.18 Å². The molecule has 1 aliphatic rings. The van der Waals surface area contributed by atoms with E-state index in [9.17, 15) is 31.5 Å². The molecule has 2 heterocycles. The summed E-state index contributed by atoms with van der Waals surface area (Å²) >= 11 is 0. The van der Waals surface area contributed by atoms with Crippen LogP contribution in [0.25, 0.3) is 0 Å². The van der Waals surface area contributed by atoms with Crippen molar-refractivity contribution >= 4 is 17.5 Å². The Morgan fingerprint density at radius 2 is 1.94 bits per heavy atom. The standard InChI is InChI=1S/C22H22F5N3O4/c1-4-12-15(11-5-6-13(23)16(24)17(11)33-3)18(34-21(12,2)22(25,26)27)20(32)30-10-7-8-29-14(9-10)19(28)31/h5-9,12,15,18H,4H2,1-3H3,(H2,28,31)(H,29,30,32)/t12-,15-,18+,21+/m0/s1. The van der Waals surface area contributed by atoms with Crippen molar-refractivity contribution in [2.24, 2.45) is 11.7 Å². The number of pyridine rings is 1. The molecular formula is C22H22F5N3O4. The molecule has 1 aromatic carbocycles. The van der Waals surface area contributed by atoms with E-state index in [1.165, 1.54) is 19.2 Å². The van der Waals surface area contributed by atoms with Crippen LogP contribution in [0.1, 0.15) is 42.2 Å². The van der Waals surface area contributed by atoms with Gasteiger partial charge in [-0.05, 0) is 31.5 Å². The monoisotopic (exact) mass is 487 g/mol. The van der Waals surface area contributed by atoms with Gasteiger partial charge < -0.3 is 20.5 Å². The van der Waals surface area contributed by atoms with E-state index in [4.69, 9.17) is 15.2 Å². The van der Waals surface area contributed by atoms with Crippen molar-refractivity contribution in [2.45, 2.75) is 44.1 Å². The lowest BCUT2D eigenvalue weighted by Gasteiger charge is -2.33. The molecule has 2 aromatic rings. The van der Waals surface area contributed by atoms with E-state index in [-0.39, 0.29) is 23.4 Å². The van der Waals surface area contributed by atoms with Gasteiger partial charge in [0.05, 0.1) is 7.11 Å². The summed E-state index contributed by atoms with van der Waals surface area (Å²) in [5.41, 5.74) is 2.09. The number of aromatic nitrogens is 1. The van der Waals surface area contributed by atoms with Crippen molar-refractivity contribution in [3.05, 3.63) is 53.4 Å². The van der Waals surface area contributed by atoms with Gasteiger partial charge in [0.1, 0.15) is 11.8 Å². The van der Waals surface area contributed by atoms with Crippen LogP contribution in [0.4, 0.5) is 27.6 Å². The molecule has 7 nitrogen and oxygen atoms in total. The fourth-order valence-electron chi connectivity index (χ4n) is 4.37. The van der Waals surface area contributed by atoms with Crippen LogP contribution in [0.2, 0.25) is 0 Å². The SMILES string of the molecule is CC[C@H]1[C@H](c2ccc(F)c(F)c2OC)[C@H](C(=O)Nc2ccnc(C(N)=O)c2)O[C@@]1(C)C(F)(F)F. The van der Waals surface area contributed by atoms with E-state index in [0.29, 0.717) is 0 Å². The first-order valence-electron chi connectivity index (χ1n) is 10.2. The Kier molecular flexibility index (Phi) is 6.83. The van der Waals surface area contributed by atoms with Crippen LogP contribution in [0.5, 0.6) is 5.75 Å². The number of nitrogens with zero attached hydrogens (tertiary/aromatic N) is 1. The number of benzene rings is 1. The average Bonchev–Trinajstić information content (AvgIpc) is 3.09. The molecule has 1 aromatic heterocycles. The van der Waals surface area contributed by atoms with Gasteiger partial charge in [-0.1, -0.05) is 13.0 Å². The zero-order valence-electron chi connectivity index (χ0n) is 18.4. The summed E-state index contributed by atoms with van der Waals surface area (Å²) in [5, 5.41) is 2.39. The fourth-order valence-corrected chi connectivity index (χ4v) is 4.37. The van der Waals surface area contributed by atoms with Gasteiger partial charge in [0.2, 0.25) is 5.82 Å². The molecule has 2 amide bonds. The number of alkyl halides is 3. The quantitative estimate of drug-likeness (QED) is 0.601. The molecule has 0 bridgehead atoms. The summed E-state index contributed by atoms with van der Waals surface area (Å²) in [6, 6.07) is 4.27. The molecule has 0 saturated carbocycles. The maximum atomic E-state index is 14.5. The molecule has 4 atom stereocenters. The van der Waals surface area contributed by atoms with Gasteiger partial charge in [0.15, 0.2) is 17.2 Å². The molecule has 184 valence electrons. The number of hydrogen-bond acceptors (Lipinski definition) is 5. The summed E-state index contributed by atoms with van der Waals surface area (Å²) in [4.78, 5) is 28.2. The lowest BCUT2D eigenvalue weighted by Crippen LogP contribution is -2.48. The molecule has 1 fully saturated rings. The lowest BCUT2D eigenvalue weighted by atomic mass is 9.74. The van der Waals surface area contributed by atoms with Crippen LogP contribution in [0.3, 0.4) is 0 Å². The van der Waals surface area contributed by atoms with Crippen LogP contribution in [0, 0.1) is 17.6 Å². The van der Waals surface area contributed by atoms with Crippen molar-refractivity contribution in [1.82, 2.24) is 4.98 Å². The molecule has 12 heteroatoms. The van der Waals surface area contributed by atoms with Crippen molar-refractivity contribution in [2.75, 3.05) is 12.4 Å². The maximum absolute atomic E-state index is 14.5. The van der Waals surface area contributed by atoms with E-state index in [2.05, 4.69) is 10.3 Å². The summed E-state index contributed by atoms with van der Waals surface area (Å²) < 4.78 is 80.9. The van der Waals surface area contributed by atoms with Crippen LogP contribution < -0.4 is 15.8 Å². The van der Waals surface area contributed by atoms with Crippen LogP contribution >= 0.6 is 0 Å². The normalized spacial score (nSPS) is 24.6. The minimum atomic E-state index is -4.89. The maximum Gasteiger partial charge on any atom is 0.417 e. The first-order chi connectivity index (χ1) is 15.9. The van der Waals surface area contributed by atoms with Gasteiger partial charge in [-0.25, -0.2) is 4.39 Å². The number of ether oxygens (including phenoxy) is 2. The molecule has 0 unspecified atom stereocenters. The van der Waals surface area contributed by atoms with E-state index < -0.39 is 58.9 Å². The molecule has 1 saturated heterocycles. The Morgan fingerprint density at radius 1 is 1.26 bits per heavy atom. The molecule has 1 aliphatic heterocycles. The van der Waals surface area contributed by atoms with Gasteiger partial charge in [-0.2, -0.15) is 17.6 Å². The number of hydrogen-bond donors (Lipinski definition) is 2. The highest BCUT2D eigenvalue weighted by Crippen LogP contribution is 2.56. The van der Waals surface area contributed by atoms with E-state index in [0.717, 1.165) is 32.2 Å². The minimum absolute atomic E-state index is 0.0297. The lowest BCUT2D eigenvalue weighted by molar-refractivity contribution is -0.274. The molecule has 0 aliphatic carbocycles. The Hall–Kier alpha value is -3.28. The third kappa shape index (κ3) is 4.29. The van der Waals surface area contributed by atoms with Crippen molar-refractivity contribution in [1.29, 1.82) is 0 Å². The van der Waals surface area contributed by atoms with E-state index >= 15 is 0 Å². The summed E-state index contributed by atoms with van der Waals surface area (Å²) in [5.74, 6) is -7.84. The first-order valence-corrected chi connectivity index (χ1v) is 10.2. The Labute approximate surface area is 191 Å². The number of carbonyl (C=O) groups is 2. The zero-order chi connectivity index (χ0) is 25.4. The number of amides is 2. The topological polar surface area (TPSA) is 104 Å². The largest absolute Gasteiger partial charge is 0.493 e. The van der Waals surface area contributed by atoms with Crippen molar-refractivity contribution in [3.63, 3.8) is 0 Å². The number of primary amides is 1. The molecular weight excluding hydrogens is 465 g/mol. The number of carbonyl (C=O) groups excluding carboxylic acids is 2. The predicted octanol–water partition coefficient (Wildman–Crippen LogP) is 3.94. The molecule has 0 radical (unpaired) electrons. The van der Waals surface area contributed by atoms with Crippen LogP contribution in [-0.4, -0.2) is 41.8 Å². The molecule has 0 spiro atoms. The minimum Gasteiger partial charge on any atom is -0.493 e. The van der Waals surface area contributed by atoms with Crippen molar-refractivity contribution < 1.29 is 41.0 Å². The Balaban J connectivity index is 2.11. The Morgan fingerprint density at radius 3 is 2.50 bits per heavy atom. The van der Waals surface area contributed by atoms with Gasteiger partial charge in [0, 0.05) is 29.3 Å². The molecule has 3 N–H and O–H groups in total. The smallest absolute Gasteiger partial charge is 0.417 e. The van der Waals surface area contributed by atoms with E-state index in [1.54, 1.807) is 0 Å². The number of anilines is 1. The first kappa shape index (κ1) is 25.3. The summed E-state index contributed by atoms with van der Waals surface area (Å²) in [6.07, 6.45) is -5.58. The number of methoxy groups -OCH3 is 1. The second kappa shape index (κ2) is 9.16. The van der Waals surface area contributed by atoms with E-state index in [1.807, 2.05) is 0 Å². The third-order valence-electron chi connectivity index (χ3n) is 6.02. The van der Waals surface area contributed by atoms with Gasteiger partial charge in [0.25, 0.3) is 11.8 Å². The number of rotatable bonds is 6. The molecule has 3 rings (SSSR count). The van der Waals surface area contributed by atoms with Crippen LogP contribution in [0.15, 0.2) is 30.5 Å².